The van der Waals surface area contributed by atoms with Crippen molar-refractivity contribution >= 4 is 27.9 Å². The lowest BCUT2D eigenvalue weighted by atomic mass is 10.2. The van der Waals surface area contributed by atoms with Crippen LogP contribution in [0.1, 0.15) is 35.2 Å². The lowest BCUT2D eigenvalue weighted by Gasteiger charge is -2.26. The molecule has 0 aromatic heterocycles. The number of piperidine rings is 1. The number of carbonyl (C=O) groups excluding carboxylic acids is 2. The molecule has 0 unspecified atom stereocenters. The van der Waals surface area contributed by atoms with E-state index < -0.39 is 10.0 Å². The Kier molecular flexibility index (Phi) is 5.87. The minimum Gasteiger partial charge on any atom is -0.483 e. The molecule has 2 aromatic carbocycles. The normalized spacial score (nSPS) is 16.9. The second-order valence-electron chi connectivity index (χ2n) is 7.49. The van der Waals surface area contributed by atoms with Gasteiger partial charge in [-0.15, -0.1) is 0 Å². The standard InChI is InChI=1S/C22H24N2O5S/c25-15-18-6-2-3-7-21(18)29-16-22(26)24-13-10-17-14-19(8-9-20(17)24)30(27,28)23-11-4-1-5-12-23/h2-3,6-9,14-15H,1,4-5,10-13,16H2. The van der Waals surface area contributed by atoms with Crippen LogP contribution in [-0.4, -0.2) is 51.2 Å². The Morgan fingerprint density at radius 3 is 2.57 bits per heavy atom. The van der Waals surface area contributed by atoms with Crippen LogP contribution < -0.4 is 9.64 Å². The molecule has 30 heavy (non-hydrogen) atoms. The quantitative estimate of drug-likeness (QED) is 0.661. The second kappa shape index (κ2) is 8.57. The number of benzene rings is 2. The minimum atomic E-state index is -3.50. The van der Waals surface area contributed by atoms with Gasteiger partial charge in [-0.2, -0.15) is 4.31 Å². The Labute approximate surface area is 176 Å². The van der Waals surface area contributed by atoms with Crippen molar-refractivity contribution in [1.82, 2.24) is 4.31 Å². The molecule has 8 heteroatoms. The number of ether oxygens (including phenoxy) is 1. The van der Waals surface area contributed by atoms with Crippen molar-refractivity contribution in [3.05, 3.63) is 53.6 Å². The van der Waals surface area contributed by atoms with E-state index >= 15 is 0 Å². The fraction of sp³-hybridized carbons (Fsp3) is 0.364. The van der Waals surface area contributed by atoms with Crippen LogP contribution >= 0.6 is 0 Å². The van der Waals surface area contributed by atoms with Crippen molar-refractivity contribution in [3.63, 3.8) is 0 Å². The molecule has 0 N–H and O–H groups in total. The van der Waals surface area contributed by atoms with Gasteiger partial charge in [0.2, 0.25) is 10.0 Å². The average Bonchev–Trinajstić information content (AvgIpc) is 3.21. The number of fused-ring (bicyclic) bond motifs is 1. The molecule has 1 amide bonds. The number of carbonyl (C=O) groups is 2. The smallest absolute Gasteiger partial charge is 0.264 e. The first-order valence-electron chi connectivity index (χ1n) is 10.1. The predicted molar refractivity (Wildman–Crippen MR) is 112 cm³/mol. The number of rotatable bonds is 6. The third-order valence-electron chi connectivity index (χ3n) is 5.60. The van der Waals surface area contributed by atoms with E-state index in [0.29, 0.717) is 49.3 Å². The summed E-state index contributed by atoms with van der Waals surface area (Å²) in [6.45, 7) is 1.39. The molecule has 1 saturated heterocycles. The number of hydrogen-bond acceptors (Lipinski definition) is 5. The molecule has 0 aliphatic carbocycles. The Morgan fingerprint density at radius 1 is 1.03 bits per heavy atom. The van der Waals surface area contributed by atoms with Gasteiger partial charge in [-0.3, -0.25) is 9.59 Å². The fourth-order valence-corrected chi connectivity index (χ4v) is 5.55. The lowest BCUT2D eigenvalue weighted by Crippen LogP contribution is -2.35. The first kappa shape index (κ1) is 20.6. The summed E-state index contributed by atoms with van der Waals surface area (Å²) in [7, 11) is -3.50. The summed E-state index contributed by atoms with van der Waals surface area (Å²) < 4.78 is 32.9. The van der Waals surface area contributed by atoms with Crippen LogP contribution in [0.4, 0.5) is 5.69 Å². The number of nitrogens with zero attached hydrogens (tertiary/aromatic N) is 2. The molecule has 158 valence electrons. The molecule has 0 spiro atoms. The SMILES string of the molecule is O=Cc1ccccc1OCC(=O)N1CCc2cc(S(=O)(=O)N3CCCCC3)ccc21. The third kappa shape index (κ3) is 3.97. The van der Waals surface area contributed by atoms with Crippen molar-refractivity contribution in [2.75, 3.05) is 31.1 Å². The van der Waals surface area contributed by atoms with Gasteiger partial charge in [0.15, 0.2) is 12.9 Å². The molecule has 0 radical (unpaired) electrons. The monoisotopic (exact) mass is 428 g/mol. The van der Waals surface area contributed by atoms with E-state index in [0.717, 1.165) is 24.8 Å². The highest BCUT2D eigenvalue weighted by molar-refractivity contribution is 7.89. The maximum atomic E-state index is 12.9. The molecule has 2 aliphatic heterocycles. The summed E-state index contributed by atoms with van der Waals surface area (Å²) in [4.78, 5) is 25.7. The zero-order valence-electron chi connectivity index (χ0n) is 16.6. The average molecular weight is 429 g/mol. The molecule has 0 saturated carbocycles. The lowest BCUT2D eigenvalue weighted by molar-refractivity contribution is -0.120. The number of anilines is 1. The number of hydrogen-bond donors (Lipinski definition) is 0. The van der Waals surface area contributed by atoms with Gasteiger partial charge in [0.25, 0.3) is 5.91 Å². The van der Waals surface area contributed by atoms with Crippen molar-refractivity contribution in [3.8, 4) is 5.75 Å². The van der Waals surface area contributed by atoms with Crippen molar-refractivity contribution in [2.45, 2.75) is 30.6 Å². The molecule has 2 aliphatic rings. The van der Waals surface area contributed by atoms with Crippen LogP contribution in [0.2, 0.25) is 0 Å². The summed E-state index contributed by atoms with van der Waals surface area (Å²) in [5, 5.41) is 0. The summed E-state index contributed by atoms with van der Waals surface area (Å²) in [6.07, 6.45) is 4.12. The van der Waals surface area contributed by atoms with E-state index in [-0.39, 0.29) is 17.4 Å². The zero-order valence-corrected chi connectivity index (χ0v) is 17.4. The summed E-state index contributed by atoms with van der Waals surface area (Å²) in [6, 6.07) is 11.7. The van der Waals surface area contributed by atoms with E-state index in [1.807, 2.05) is 0 Å². The fourth-order valence-electron chi connectivity index (χ4n) is 3.98. The third-order valence-corrected chi connectivity index (χ3v) is 7.49. The van der Waals surface area contributed by atoms with Crippen molar-refractivity contribution in [2.24, 2.45) is 0 Å². The van der Waals surface area contributed by atoms with Gasteiger partial charge in [-0.05, 0) is 55.2 Å². The van der Waals surface area contributed by atoms with Gasteiger partial charge in [0, 0.05) is 25.3 Å². The number of aldehydes is 1. The van der Waals surface area contributed by atoms with Gasteiger partial charge in [0.05, 0.1) is 10.5 Å². The summed E-state index contributed by atoms with van der Waals surface area (Å²) in [5.41, 5.74) is 1.94. The molecule has 2 heterocycles. The molecule has 2 aromatic rings. The zero-order chi connectivity index (χ0) is 21.1. The highest BCUT2D eigenvalue weighted by atomic mass is 32.2. The van der Waals surface area contributed by atoms with Gasteiger partial charge in [-0.25, -0.2) is 8.42 Å². The molecular formula is C22H24N2O5S. The number of amides is 1. The van der Waals surface area contributed by atoms with Gasteiger partial charge in [-0.1, -0.05) is 18.6 Å². The highest BCUT2D eigenvalue weighted by Gasteiger charge is 2.30. The van der Waals surface area contributed by atoms with E-state index in [1.165, 1.54) is 0 Å². The van der Waals surface area contributed by atoms with E-state index in [2.05, 4.69) is 0 Å². The van der Waals surface area contributed by atoms with E-state index in [4.69, 9.17) is 4.74 Å². The first-order chi connectivity index (χ1) is 14.5. The van der Waals surface area contributed by atoms with Crippen LogP contribution in [0.25, 0.3) is 0 Å². The molecular weight excluding hydrogens is 404 g/mol. The Hall–Kier alpha value is -2.71. The number of para-hydroxylation sites is 1. The van der Waals surface area contributed by atoms with Crippen LogP contribution in [0.15, 0.2) is 47.4 Å². The molecule has 0 bridgehead atoms. The Bertz CT molecular complexity index is 1060. The van der Waals surface area contributed by atoms with E-state index in [9.17, 15) is 18.0 Å². The molecule has 4 rings (SSSR count). The summed E-state index contributed by atoms with van der Waals surface area (Å²) in [5.74, 6) is 0.129. The maximum absolute atomic E-state index is 12.9. The summed E-state index contributed by atoms with van der Waals surface area (Å²) >= 11 is 0. The maximum Gasteiger partial charge on any atom is 0.264 e. The van der Waals surface area contributed by atoms with Crippen molar-refractivity contribution in [1.29, 1.82) is 0 Å². The topological polar surface area (TPSA) is 84.0 Å². The van der Waals surface area contributed by atoms with Crippen LogP contribution in [0, 0.1) is 0 Å². The second-order valence-corrected chi connectivity index (χ2v) is 9.43. The van der Waals surface area contributed by atoms with Gasteiger partial charge in [0.1, 0.15) is 5.75 Å². The van der Waals surface area contributed by atoms with E-state index in [1.54, 1.807) is 51.7 Å². The highest BCUT2D eigenvalue weighted by Crippen LogP contribution is 2.32. The van der Waals surface area contributed by atoms with Gasteiger partial charge < -0.3 is 9.64 Å². The Morgan fingerprint density at radius 2 is 1.80 bits per heavy atom. The molecule has 1 fully saturated rings. The van der Waals surface area contributed by atoms with Crippen molar-refractivity contribution < 1.29 is 22.7 Å². The van der Waals surface area contributed by atoms with Crippen LogP contribution in [0.5, 0.6) is 5.75 Å². The first-order valence-corrected chi connectivity index (χ1v) is 11.5. The number of sulfonamides is 1. The predicted octanol–water partition coefficient (Wildman–Crippen LogP) is 2.64. The van der Waals surface area contributed by atoms with Gasteiger partial charge >= 0.3 is 0 Å². The molecule has 7 nitrogen and oxygen atoms in total. The largest absolute Gasteiger partial charge is 0.483 e. The minimum absolute atomic E-state index is 0.196. The van der Waals surface area contributed by atoms with Crippen LogP contribution in [0.3, 0.4) is 0 Å². The molecule has 0 atom stereocenters. The Balaban J connectivity index is 1.48. The van der Waals surface area contributed by atoms with Crippen LogP contribution in [-0.2, 0) is 21.2 Å².